The molecule has 0 heterocycles. The van der Waals surface area contributed by atoms with E-state index in [1.807, 2.05) is 9.44 Å². The maximum Gasteiger partial charge on any atom is 0.262 e. The number of nitrogens with one attached hydrogen (secondary N) is 3. The fraction of sp³-hybridized carbons (Fsp3) is 0.278. The van der Waals surface area contributed by atoms with Crippen molar-refractivity contribution in [1.29, 1.82) is 0 Å². The number of carbonyl (C=O) groups excluding carboxylic acids is 1. The van der Waals surface area contributed by atoms with Crippen LogP contribution < -0.4 is 14.9 Å². The molecule has 0 aliphatic rings. The molecule has 1 unspecified atom stereocenters. The van der Waals surface area contributed by atoms with E-state index >= 15 is 0 Å². The van der Waals surface area contributed by atoms with Gasteiger partial charge in [0.05, 0.1) is 4.90 Å². The average Bonchev–Trinajstić information content (AvgIpc) is 2.62. The Morgan fingerprint density at radius 1 is 1.00 bits per heavy atom. The molecular formula is C18H21F2N3O6S2. The Labute approximate surface area is 178 Å². The van der Waals surface area contributed by atoms with Crippen molar-refractivity contribution in [3.8, 4) is 0 Å². The lowest BCUT2D eigenvalue weighted by atomic mass is 10.1. The molecule has 1 atom stereocenters. The van der Waals surface area contributed by atoms with Crippen LogP contribution in [0.4, 0.5) is 8.78 Å². The second-order valence-electron chi connectivity index (χ2n) is 6.80. The number of hydrogen-bond acceptors (Lipinski definition) is 6. The lowest BCUT2D eigenvalue weighted by molar-refractivity contribution is -0.130. The van der Waals surface area contributed by atoms with Crippen LogP contribution >= 0.6 is 0 Å². The molecule has 0 aromatic heterocycles. The first kappa shape index (κ1) is 24.8. The van der Waals surface area contributed by atoms with Crippen molar-refractivity contribution in [2.75, 3.05) is 6.54 Å². The summed E-state index contributed by atoms with van der Waals surface area (Å²) in [6.07, 6.45) is 0. The quantitative estimate of drug-likeness (QED) is 0.330. The lowest BCUT2D eigenvalue weighted by Gasteiger charge is -2.19. The van der Waals surface area contributed by atoms with Crippen LogP contribution in [0.2, 0.25) is 0 Å². The molecule has 1 amide bonds. The van der Waals surface area contributed by atoms with Crippen LogP contribution in [0.25, 0.3) is 0 Å². The summed E-state index contributed by atoms with van der Waals surface area (Å²) in [6.45, 7) is 4.01. The van der Waals surface area contributed by atoms with Crippen molar-refractivity contribution in [3.63, 3.8) is 0 Å². The standard InChI is InChI=1S/C18H21F2N3O6S2/c1-10-6-11(2)17(12(3)7-10)31(28,29)23-15(18(24)22-25)9-21-30(26,27)16-5-4-13(19)8-14(16)20/h4-8,15,21,23,25H,9H2,1-3H3,(H,22,24). The highest BCUT2D eigenvalue weighted by Crippen LogP contribution is 2.22. The summed E-state index contributed by atoms with van der Waals surface area (Å²) >= 11 is 0. The third-order valence-electron chi connectivity index (χ3n) is 4.26. The number of halogens is 2. The number of rotatable bonds is 8. The Morgan fingerprint density at radius 3 is 2.10 bits per heavy atom. The second kappa shape index (κ2) is 9.36. The summed E-state index contributed by atoms with van der Waals surface area (Å²) in [4.78, 5) is 11.0. The van der Waals surface area contributed by atoms with Gasteiger partial charge in [0.2, 0.25) is 20.0 Å². The number of hydroxylamine groups is 1. The zero-order valence-corrected chi connectivity index (χ0v) is 18.4. The second-order valence-corrected chi connectivity index (χ2v) is 10.2. The molecule has 170 valence electrons. The summed E-state index contributed by atoms with van der Waals surface area (Å²) in [5, 5.41) is 8.93. The molecule has 0 saturated heterocycles. The van der Waals surface area contributed by atoms with E-state index in [0.717, 1.165) is 11.6 Å². The van der Waals surface area contributed by atoms with Gasteiger partial charge in [-0.25, -0.2) is 35.8 Å². The van der Waals surface area contributed by atoms with E-state index in [4.69, 9.17) is 5.21 Å². The summed E-state index contributed by atoms with van der Waals surface area (Å²) in [7, 11) is -8.89. The van der Waals surface area contributed by atoms with E-state index in [1.54, 1.807) is 32.9 Å². The third kappa shape index (κ3) is 5.83. The third-order valence-corrected chi connectivity index (χ3v) is 7.49. The Kier molecular flexibility index (Phi) is 7.49. The van der Waals surface area contributed by atoms with Crippen molar-refractivity contribution in [2.45, 2.75) is 36.6 Å². The van der Waals surface area contributed by atoms with E-state index < -0.39 is 55.1 Å². The van der Waals surface area contributed by atoms with Gasteiger partial charge >= 0.3 is 0 Å². The van der Waals surface area contributed by atoms with Crippen LogP contribution in [0.5, 0.6) is 0 Å². The highest BCUT2D eigenvalue weighted by Gasteiger charge is 2.30. The molecule has 13 heteroatoms. The van der Waals surface area contributed by atoms with Crippen molar-refractivity contribution in [1.82, 2.24) is 14.9 Å². The normalized spacial score (nSPS) is 13.1. The lowest BCUT2D eigenvalue weighted by Crippen LogP contribution is -2.52. The number of benzene rings is 2. The fourth-order valence-corrected chi connectivity index (χ4v) is 5.82. The van der Waals surface area contributed by atoms with Crippen LogP contribution in [0, 0.1) is 32.4 Å². The first-order valence-corrected chi connectivity index (χ1v) is 11.7. The van der Waals surface area contributed by atoms with Crippen molar-refractivity contribution in [3.05, 3.63) is 58.7 Å². The molecule has 9 nitrogen and oxygen atoms in total. The summed E-state index contributed by atoms with van der Waals surface area (Å²) in [6, 6.07) is 3.20. The molecule has 0 aliphatic heterocycles. The van der Waals surface area contributed by atoms with E-state index in [1.165, 1.54) is 5.48 Å². The SMILES string of the molecule is Cc1cc(C)c(S(=O)(=O)NC(CNS(=O)(=O)c2ccc(F)cc2F)C(=O)NO)c(C)c1. The predicted molar refractivity (Wildman–Crippen MR) is 106 cm³/mol. The van der Waals surface area contributed by atoms with Gasteiger partial charge in [0.25, 0.3) is 5.91 Å². The first-order chi connectivity index (χ1) is 14.3. The molecule has 0 aliphatic carbocycles. The molecule has 0 saturated carbocycles. The number of amides is 1. The van der Waals surface area contributed by atoms with E-state index in [-0.39, 0.29) is 4.90 Å². The largest absolute Gasteiger partial charge is 0.289 e. The van der Waals surface area contributed by atoms with Crippen LogP contribution in [-0.2, 0) is 24.8 Å². The zero-order chi connectivity index (χ0) is 23.6. The summed E-state index contributed by atoms with van der Waals surface area (Å²) in [5.41, 5.74) is 2.84. The van der Waals surface area contributed by atoms with E-state index in [2.05, 4.69) is 0 Å². The van der Waals surface area contributed by atoms with Gasteiger partial charge in [-0.1, -0.05) is 17.7 Å². The van der Waals surface area contributed by atoms with Gasteiger partial charge in [-0.15, -0.1) is 0 Å². The van der Waals surface area contributed by atoms with Gasteiger partial charge in [0.15, 0.2) is 0 Å². The molecule has 4 N–H and O–H groups in total. The van der Waals surface area contributed by atoms with Crippen LogP contribution in [0.3, 0.4) is 0 Å². The molecule has 0 spiro atoms. The highest BCUT2D eigenvalue weighted by atomic mass is 32.2. The van der Waals surface area contributed by atoms with Crippen molar-refractivity contribution in [2.24, 2.45) is 0 Å². The minimum absolute atomic E-state index is 0.110. The Balaban J connectivity index is 2.32. The molecule has 2 rings (SSSR count). The summed E-state index contributed by atoms with van der Waals surface area (Å²) < 4.78 is 81.1. The number of carbonyl (C=O) groups is 1. The highest BCUT2D eigenvalue weighted by molar-refractivity contribution is 7.90. The molecule has 0 radical (unpaired) electrons. The van der Waals surface area contributed by atoms with Gasteiger partial charge in [-0.05, 0) is 44.0 Å². The maximum absolute atomic E-state index is 13.8. The average molecular weight is 478 g/mol. The number of sulfonamides is 2. The van der Waals surface area contributed by atoms with Crippen LogP contribution in [0.1, 0.15) is 16.7 Å². The molecule has 0 bridgehead atoms. The Hall–Kier alpha value is -2.45. The van der Waals surface area contributed by atoms with Gasteiger partial charge in [-0.3, -0.25) is 10.0 Å². The molecule has 0 fully saturated rings. The van der Waals surface area contributed by atoms with Gasteiger partial charge < -0.3 is 0 Å². The van der Waals surface area contributed by atoms with E-state index in [9.17, 15) is 30.4 Å². The minimum atomic E-state index is -4.57. The predicted octanol–water partition coefficient (Wildman–Crippen LogP) is 1.02. The van der Waals surface area contributed by atoms with Crippen molar-refractivity contribution >= 4 is 26.0 Å². The van der Waals surface area contributed by atoms with Crippen molar-refractivity contribution < 1.29 is 35.6 Å². The minimum Gasteiger partial charge on any atom is -0.289 e. The first-order valence-electron chi connectivity index (χ1n) is 8.77. The van der Waals surface area contributed by atoms with Gasteiger partial charge in [0.1, 0.15) is 22.6 Å². The Bertz CT molecular complexity index is 1190. The number of aryl methyl sites for hydroxylation is 3. The van der Waals surface area contributed by atoms with Gasteiger partial charge in [-0.2, -0.15) is 4.72 Å². The fourth-order valence-electron chi connectivity index (χ4n) is 3.07. The monoisotopic (exact) mass is 477 g/mol. The van der Waals surface area contributed by atoms with Gasteiger partial charge in [0, 0.05) is 12.6 Å². The summed E-state index contributed by atoms with van der Waals surface area (Å²) in [5.74, 6) is -3.62. The Morgan fingerprint density at radius 2 is 1.58 bits per heavy atom. The molecule has 2 aromatic carbocycles. The van der Waals surface area contributed by atoms with Crippen LogP contribution in [-0.4, -0.2) is 40.5 Å². The maximum atomic E-state index is 13.8. The zero-order valence-electron chi connectivity index (χ0n) is 16.7. The smallest absolute Gasteiger partial charge is 0.262 e. The van der Waals surface area contributed by atoms with E-state index in [0.29, 0.717) is 23.3 Å². The topological polar surface area (TPSA) is 142 Å². The molecule has 31 heavy (non-hydrogen) atoms. The number of hydrogen-bond donors (Lipinski definition) is 4. The molecule has 2 aromatic rings. The molecular weight excluding hydrogens is 456 g/mol. The van der Waals surface area contributed by atoms with Crippen LogP contribution in [0.15, 0.2) is 40.1 Å².